The van der Waals surface area contributed by atoms with E-state index in [2.05, 4.69) is 5.32 Å². The molecule has 2 aromatic rings. The highest BCUT2D eigenvalue weighted by molar-refractivity contribution is 5.67. The highest BCUT2D eigenvalue weighted by atomic mass is 16.6. The Morgan fingerprint density at radius 1 is 1.15 bits per heavy atom. The predicted molar refractivity (Wildman–Crippen MR) is 101 cm³/mol. The third kappa shape index (κ3) is 5.52. The molecule has 0 unspecified atom stereocenters. The van der Waals surface area contributed by atoms with Gasteiger partial charge in [0.15, 0.2) is 0 Å². The molecule has 1 atom stereocenters. The first-order valence-corrected chi connectivity index (χ1v) is 9.04. The number of rotatable bonds is 6. The lowest BCUT2D eigenvalue weighted by Gasteiger charge is -2.32. The first-order chi connectivity index (χ1) is 13.1. The van der Waals surface area contributed by atoms with Crippen LogP contribution in [0.1, 0.15) is 24.0 Å². The van der Waals surface area contributed by atoms with E-state index in [-0.39, 0.29) is 24.4 Å². The molecule has 142 valence electrons. The predicted octanol–water partition coefficient (Wildman–Crippen LogP) is 3.49. The summed E-state index contributed by atoms with van der Waals surface area (Å²) in [5.41, 5.74) is 2.03. The first kappa shape index (κ1) is 18.8. The smallest absolute Gasteiger partial charge is 0.410 e. The van der Waals surface area contributed by atoms with E-state index in [0.717, 1.165) is 24.0 Å². The van der Waals surface area contributed by atoms with E-state index in [1.165, 1.54) is 12.1 Å². The highest BCUT2D eigenvalue weighted by Gasteiger charge is 2.24. The van der Waals surface area contributed by atoms with Crippen molar-refractivity contribution in [2.75, 3.05) is 13.1 Å². The van der Waals surface area contributed by atoms with Gasteiger partial charge in [-0.3, -0.25) is 10.1 Å². The lowest BCUT2D eigenvalue weighted by atomic mass is 10.1. The van der Waals surface area contributed by atoms with Crippen molar-refractivity contribution >= 4 is 11.8 Å². The minimum Gasteiger partial charge on any atom is -0.445 e. The number of hydrogen-bond donors (Lipinski definition) is 1. The van der Waals surface area contributed by atoms with E-state index >= 15 is 0 Å². The fourth-order valence-corrected chi connectivity index (χ4v) is 3.12. The van der Waals surface area contributed by atoms with Crippen LogP contribution < -0.4 is 5.32 Å². The van der Waals surface area contributed by atoms with Crippen LogP contribution in [-0.2, 0) is 17.9 Å². The maximum atomic E-state index is 12.3. The number of likely N-dealkylation sites (tertiary alicyclic amines) is 1. The zero-order valence-electron chi connectivity index (χ0n) is 15.0. The Hall–Kier alpha value is -2.93. The number of piperidine rings is 1. The molecule has 0 spiro atoms. The van der Waals surface area contributed by atoms with E-state index < -0.39 is 4.92 Å². The van der Waals surface area contributed by atoms with Gasteiger partial charge in [-0.1, -0.05) is 42.5 Å². The Kier molecular flexibility index (Phi) is 6.38. The van der Waals surface area contributed by atoms with Crippen LogP contribution >= 0.6 is 0 Å². The molecular weight excluding hydrogens is 346 g/mol. The van der Waals surface area contributed by atoms with Crippen molar-refractivity contribution in [3.05, 3.63) is 75.8 Å². The number of amides is 1. The van der Waals surface area contributed by atoms with Gasteiger partial charge in [0.2, 0.25) is 0 Å². The fraction of sp³-hybridized carbons (Fsp3) is 0.350. The van der Waals surface area contributed by atoms with Crippen molar-refractivity contribution in [2.45, 2.75) is 32.0 Å². The van der Waals surface area contributed by atoms with E-state index in [9.17, 15) is 14.9 Å². The Balaban J connectivity index is 1.45. The van der Waals surface area contributed by atoms with Gasteiger partial charge in [0, 0.05) is 37.8 Å². The Morgan fingerprint density at radius 2 is 1.89 bits per heavy atom. The summed E-state index contributed by atoms with van der Waals surface area (Å²) in [4.78, 5) is 24.3. The average molecular weight is 369 g/mol. The van der Waals surface area contributed by atoms with Crippen LogP contribution in [0.2, 0.25) is 0 Å². The molecule has 1 N–H and O–H groups in total. The number of nitrogens with one attached hydrogen (secondary N) is 1. The summed E-state index contributed by atoms with van der Waals surface area (Å²) in [6, 6.07) is 16.3. The number of carbonyl (C=O) groups is 1. The summed E-state index contributed by atoms with van der Waals surface area (Å²) in [5, 5.41) is 14.1. The maximum Gasteiger partial charge on any atom is 0.410 e. The fourth-order valence-electron chi connectivity index (χ4n) is 3.12. The zero-order chi connectivity index (χ0) is 19.1. The van der Waals surface area contributed by atoms with Crippen LogP contribution in [0.4, 0.5) is 10.5 Å². The molecule has 1 aliphatic rings. The van der Waals surface area contributed by atoms with E-state index in [1.807, 2.05) is 30.3 Å². The van der Waals surface area contributed by atoms with Crippen LogP contribution in [0.25, 0.3) is 0 Å². The van der Waals surface area contributed by atoms with Gasteiger partial charge >= 0.3 is 6.09 Å². The number of carbonyl (C=O) groups excluding carboxylic acids is 1. The monoisotopic (exact) mass is 369 g/mol. The summed E-state index contributed by atoms with van der Waals surface area (Å²) < 4.78 is 5.41. The molecule has 1 saturated heterocycles. The minimum atomic E-state index is -0.405. The van der Waals surface area contributed by atoms with Crippen molar-refractivity contribution in [2.24, 2.45) is 0 Å². The molecule has 3 rings (SSSR count). The largest absolute Gasteiger partial charge is 0.445 e. The Labute approximate surface area is 158 Å². The summed E-state index contributed by atoms with van der Waals surface area (Å²) in [6.45, 7) is 2.18. The van der Waals surface area contributed by atoms with Crippen molar-refractivity contribution < 1.29 is 14.5 Å². The minimum absolute atomic E-state index is 0.0868. The summed E-state index contributed by atoms with van der Waals surface area (Å²) in [7, 11) is 0. The van der Waals surface area contributed by atoms with Crippen molar-refractivity contribution in [3.63, 3.8) is 0 Å². The summed E-state index contributed by atoms with van der Waals surface area (Å²) in [5.74, 6) is 0. The second-order valence-corrected chi connectivity index (χ2v) is 6.63. The zero-order valence-corrected chi connectivity index (χ0v) is 15.0. The van der Waals surface area contributed by atoms with Crippen molar-refractivity contribution in [1.82, 2.24) is 10.2 Å². The second-order valence-electron chi connectivity index (χ2n) is 6.63. The van der Waals surface area contributed by atoms with Crippen LogP contribution in [0.5, 0.6) is 0 Å². The van der Waals surface area contributed by atoms with Gasteiger partial charge in [0.1, 0.15) is 6.61 Å². The summed E-state index contributed by atoms with van der Waals surface area (Å²) >= 11 is 0. The van der Waals surface area contributed by atoms with Gasteiger partial charge in [0.05, 0.1) is 4.92 Å². The third-order valence-corrected chi connectivity index (χ3v) is 4.63. The SMILES string of the molecule is O=C(OCc1ccccc1)N1CCC[C@@H](NCc2ccc([N+](=O)[O-])cc2)C1. The molecule has 1 fully saturated rings. The molecular formula is C20H23N3O4. The van der Waals surface area contributed by atoms with Crippen LogP contribution in [-0.4, -0.2) is 35.0 Å². The molecule has 0 radical (unpaired) electrons. The Bertz CT molecular complexity index is 765. The quantitative estimate of drug-likeness (QED) is 0.622. The highest BCUT2D eigenvalue weighted by Crippen LogP contribution is 2.15. The average Bonchev–Trinajstić information content (AvgIpc) is 2.71. The molecule has 1 amide bonds. The van der Waals surface area contributed by atoms with Gasteiger partial charge in [-0.2, -0.15) is 0 Å². The van der Waals surface area contributed by atoms with Crippen molar-refractivity contribution in [1.29, 1.82) is 0 Å². The van der Waals surface area contributed by atoms with Gasteiger partial charge in [-0.05, 0) is 24.0 Å². The molecule has 27 heavy (non-hydrogen) atoms. The molecule has 0 bridgehead atoms. The van der Waals surface area contributed by atoms with E-state index in [0.29, 0.717) is 19.6 Å². The molecule has 0 aromatic heterocycles. The number of nitrogens with zero attached hydrogens (tertiary/aromatic N) is 2. The maximum absolute atomic E-state index is 12.3. The molecule has 1 heterocycles. The van der Waals surface area contributed by atoms with Gasteiger partial charge in [-0.25, -0.2) is 4.79 Å². The molecule has 7 nitrogen and oxygen atoms in total. The molecule has 1 aliphatic heterocycles. The van der Waals surface area contributed by atoms with E-state index in [1.54, 1.807) is 17.0 Å². The normalized spacial score (nSPS) is 16.7. The van der Waals surface area contributed by atoms with Crippen LogP contribution in [0, 0.1) is 10.1 Å². The number of non-ortho nitro benzene ring substituents is 1. The molecule has 0 aliphatic carbocycles. The Morgan fingerprint density at radius 3 is 2.59 bits per heavy atom. The summed E-state index contributed by atoms with van der Waals surface area (Å²) in [6.07, 6.45) is 1.61. The van der Waals surface area contributed by atoms with Gasteiger partial charge < -0.3 is 15.0 Å². The number of benzene rings is 2. The molecule has 0 saturated carbocycles. The standard InChI is InChI=1S/C20H23N3O4/c24-20(27-15-17-5-2-1-3-6-17)22-12-4-7-18(14-22)21-13-16-8-10-19(11-9-16)23(25)26/h1-3,5-6,8-11,18,21H,4,7,12-15H2/t18-/m1/s1. The number of hydrogen-bond acceptors (Lipinski definition) is 5. The van der Waals surface area contributed by atoms with Crippen LogP contribution in [0.15, 0.2) is 54.6 Å². The van der Waals surface area contributed by atoms with Gasteiger partial charge in [0.25, 0.3) is 5.69 Å². The van der Waals surface area contributed by atoms with Crippen LogP contribution in [0.3, 0.4) is 0 Å². The van der Waals surface area contributed by atoms with Crippen molar-refractivity contribution in [3.8, 4) is 0 Å². The van der Waals surface area contributed by atoms with Gasteiger partial charge in [-0.15, -0.1) is 0 Å². The number of ether oxygens (including phenoxy) is 1. The topological polar surface area (TPSA) is 84.7 Å². The lowest BCUT2D eigenvalue weighted by molar-refractivity contribution is -0.384. The molecule has 2 aromatic carbocycles. The second kappa shape index (κ2) is 9.14. The third-order valence-electron chi connectivity index (χ3n) is 4.63. The first-order valence-electron chi connectivity index (χ1n) is 9.04. The number of nitro groups is 1. The molecule has 7 heteroatoms. The lowest BCUT2D eigenvalue weighted by Crippen LogP contribution is -2.47. The van der Waals surface area contributed by atoms with E-state index in [4.69, 9.17) is 4.74 Å². The number of nitro benzene ring substituents is 1.